The van der Waals surface area contributed by atoms with Crippen LogP contribution in [0.15, 0.2) is 22.8 Å². The van der Waals surface area contributed by atoms with Gasteiger partial charge in [0.1, 0.15) is 5.76 Å². The molecule has 0 saturated heterocycles. The van der Waals surface area contributed by atoms with E-state index in [9.17, 15) is 0 Å². The molecule has 1 heterocycles. The molecule has 68 valence electrons. The van der Waals surface area contributed by atoms with E-state index in [2.05, 4.69) is 12.2 Å². The van der Waals surface area contributed by atoms with Gasteiger partial charge in [0, 0.05) is 6.54 Å². The van der Waals surface area contributed by atoms with Crippen LogP contribution >= 0.6 is 0 Å². The van der Waals surface area contributed by atoms with E-state index >= 15 is 0 Å². The van der Waals surface area contributed by atoms with Gasteiger partial charge in [0.15, 0.2) is 0 Å². The smallest absolute Gasteiger partial charge is 0.121 e. The molecule has 0 aliphatic rings. The summed E-state index contributed by atoms with van der Waals surface area (Å²) < 4.78 is 5.24. The van der Waals surface area contributed by atoms with Gasteiger partial charge in [-0.15, -0.1) is 0 Å². The SMILES string of the molecule is CCCNC(CN)c1ccco1. The zero-order valence-corrected chi connectivity index (χ0v) is 7.42. The van der Waals surface area contributed by atoms with E-state index in [1.54, 1.807) is 6.26 Å². The van der Waals surface area contributed by atoms with Gasteiger partial charge in [-0.1, -0.05) is 6.92 Å². The predicted molar refractivity (Wildman–Crippen MR) is 48.8 cm³/mol. The monoisotopic (exact) mass is 168 g/mol. The summed E-state index contributed by atoms with van der Waals surface area (Å²) in [6.07, 6.45) is 2.78. The molecular formula is C9H16N2O. The van der Waals surface area contributed by atoms with Crippen molar-refractivity contribution in [1.82, 2.24) is 5.32 Å². The first-order valence-electron chi connectivity index (χ1n) is 4.35. The molecule has 1 unspecified atom stereocenters. The van der Waals surface area contributed by atoms with E-state index in [0.717, 1.165) is 18.7 Å². The Morgan fingerprint density at radius 3 is 3.00 bits per heavy atom. The molecule has 0 amide bonds. The molecule has 0 bridgehead atoms. The van der Waals surface area contributed by atoms with E-state index in [4.69, 9.17) is 10.2 Å². The molecule has 3 nitrogen and oxygen atoms in total. The lowest BCUT2D eigenvalue weighted by atomic mass is 10.2. The Morgan fingerprint density at radius 1 is 1.67 bits per heavy atom. The molecule has 0 aliphatic carbocycles. The van der Waals surface area contributed by atoms with Gasteiger partial charge < -0.3 is 15.5 Å². The molecule has 0 aromatic carbocycles. The van der Waals surface area contributed by atoms with Crippen molar-refractivity contribution in [2.75, 3.05) is 13.1 Å². The molecule has 0 saturated carbocycles. The maximum Gasteiger partial charge on any atom is 0.121 e. The minimum Gasteiger partial charge on any atom is -0.468 e. The molecule has 0 aliphatic heterocycles. The van der Waals surface area contributed by atoms with E-state index in [1.165, 1.54) is 0 Å². The largest absolute Gasteiger partial charge is 0.468 e. The fourth-order valence-electron chi connectivity index (χ4n) is 1.11. The van der Waals surface area contributed by atoms with E-state index in [-0.39, 0.29) is 6.04 Å². The summed E-state index contributed by atoms with van der Waals surface area (Å²) in [5.41, 5.74) is 5.58. The zero-order chi connectivity index (χ0) is 8.81. The molecular weight excluding hydrogens is 152 g/mol. The number of furan rings is 1. The van der Waals surface area contributed by atoms with Gasteiger partial charge in [-0.2, -0.15) is 0 Å². The van der Waals surface area contributed by atoms with Gasteiger partial charge in [0.05, 0.1) is 12.3 Å². The minimum absolute atomic E-state index is 0.167. The van der Waals surface area contributed by atoms with Gasteiger partial charge in [-0.25, -0.2) is 0 Å². The number of rotatable bonds is 5. The van der Waals surface area contributed by atoms with Crippen molar-refractivity contribution in [3.63, 3.8) is 0 Å². The van der Waals surface area contributed by atoms with Crippen molar-refractivity contribution in [3.8, 4) is 0 Å². The molecule has 0 spiro atoms. The van der Waals surface area contributed by atoms with Crippen molar-refractivity contribution < 1.29 is 4.42 Å². The maximum absolute atomic E-state index is 5.58. The predicted octanol–water partition coefficient (Wildman–Crippen LogP) is 1.28. The summed E-state index contributed by atoms with van der Waals surface area (Å²) in [5.74, 6) is 0.922. The standard InChI is InChI=1S/C9H16N2O/c1-2-5-11-8(7-10)9-4-3-6-12-9/h3-4,6,8,11H,2,5,7,10H2,1H3. The lowest BCUT2D eigenvalue weighted by molar-refractivity contribution is 0.417. The highest BCUT2D eigenvalue weighted by atomic mass is 16.3. The van der Waals surface area contributed by atoms with Crippen LogP contribution in [-0.4, -0.2) is 13.1 Å². The van der Waals surface area contributed by atoms with Crippen LogP contribution in [0.3, 0.4) is 0 Å². The second-order valence-electron chi connectivity index (χ2n) is 2.76. The third kappa shape index (κ3) is 2.36. The number of hydrogen-bond donors (Lipinski definition) is 2. The van der Waals surface area contributed by atoms with Crippen molar-refractivity contribution in [2.45, 2.75) is 19.4 Å². The number of nitrogens with one attached hydrogen (secondary N) is 1. The first-order valence-corrected chi connectivity index (χ1v) is 4.35. The second kappa shape index (κ2) is 4.95. The molecule has 1 aromatic rings. The molecule has 12 heavy (non-hydrogen) atoms. The van der Waals surface area contributed by atoms with Crippen LogP contribution in [0.5, 0.6) is 0 Å². The Bertz CT molecular complexity index is 196. The molecule has 0 radical (unpaired) electrons. The Balaban J connectivity index is 2.45. The highest BCUT2D eigenvalue weighted by Crippen LogP contribution is 2.11. The van der Waals surface area contributed by atoms with Crippen LogP contribution < -0.4 is 11.1 Å². The zero-order valence-electron chi connectivity index (χ0n) is 7.42. The fourth-order valence-corrected chi connectivity index (χ4v) is 1.11. The molecule has 1 rings (SSSR count). The van der Waals surface area contributed by atoms with Crippen molar-refractivity contribution in [1.29, 1.82) is 0 Å². The van der Waals surface area contributed by atoms with E-state index < -0.39 is 0 Å². The number of nitrogens with two attached hydrogens (primary N) is 1. The maximum atomic E-state index is 5.58. The lowest BCUT2D eigenvalue weighted by Gasteiger charge is -2.12. The molecule has 0 fully saturated rings. The summed E-state index contributed by atoms with van der Waals surface area (Å²) in [5, 5.41) is 3.30. The normalized spacial score (nSPS) is 13.2. The van der Waals surface area contributed by atoms with E-state index in [0.29, 0.717) is 6.54 Å². The quantitative estimate of drug-likeness (QED) is 0.696. The molecule has 3 heteroatoms. The first kappa shape index (κ1) is 9.29. The molecule has 1 atom stereocenters. The average Bonchev–Trinajstić information content (AvgIpc) is 2.59. The van der Waals surface area contributed by atoms with Crippen LogP contribution in [0.25, 0.3) is 0 Å². The Hall–Kier alpha value is -0.800. The minimum atomic E-state index is 0.167. The summed E-state index contributed by atoms with van der Waals surface area (Å²) in [6, 6.07) is 3.99. The van der Waals surface area contributed by atoms with Crippen LogP contribution in [0.1, 0.15) is 25.1 Å². The Kier molecular flexibility index (Phi) is 3.84. The summed E-state index contributed by atoms with van der Waals surface area (Å²) in [4.78, 5) is 0. The van der Waals surface area contributed by atoms with Crippen LogP contribution in [0, 0.1) is 0 Å². The fraction of sp³-hybridized carbons (Fsp3) is 0.556. The Morgan fingerprint density at radius 2 is 2.50 bits per heavy atom. The Labute approximate surface area is 72.9 Å². The van der Waals surface area contributed by atoms with Gasteiger partial charge >= 0.3 is 0 Å². The second-order valence-corrected chi connectivity index (χ2v) is 2.76. The highest BCUT2D eigenvalue weighted by molar-refractivity contribution is 5.04. The van der Waals surface area contributed by atoms with Crippen LogP contribution in [0.4, 0.5) is 0 Å². The summed E-state index contributed by atoms with van der Waals surface area (Å²) in [7, 11) is 0. The van der Waals surface area contributed by atoms with Crippen molar-refractivity contribution in [2.24, 2.45) is 5.73 Å². The van der Waals surface area contributed by atoms with Crippen molar-refractivity contribution in [3.05, 3.63) is 24.2 Å². The molecule has 1 aromatic heterocycles. The van der Waals surface area contributed by atoms with Crippen LogP contribution in [0.2, 0.25) is 0 Å². The van der Waals surface area contributed by atoms with Gasteiger partial charge in [0.2, 0.25) is 0 Å². The number of hydrogen-bond acceptors (Lipinski definition) is 3. The first-order chi connectivity index (χ1) is 5.88. The topological polar surface area (TPSA) is 51.2 Å². The van der Waals surface area contributed by atoms with E-state index in [1.807, 2.05) is 12.1 Å². The highest BCUT2D eigenvalue weighted by Gasteiger charge is 2.09. The van der Waals surface area contributed by atoms with Crippen LogP contribution in [-0.2, 0) is 0 Å². The third-order valence-electron chi connectivity index (χ3n) is 1.76. The van der Waals surface area contributed by atoms with Gasteiger partial charge in [-0.3, -0.25) is 0 Å². The summed E-state index contributed by atoms with van der Waals surface area (Å²) in [6.45, 7) is 3.68. The average molecular weight is 168 g/mol. The van der Waals surface area contributed by atoms with Crippen molar-refractivity contribution >= 4 is 0 Å². The third-order valence-corrected chi connectivity index (χ3v) is 1.76. The summed E-state index contributed by atoms with van der Waals surface area (Å²) >= 11 is 0. The van der Waals surface area contributed by atoms with Gasteiger partial charge in [0.25, 0.3) is 0 Å². The van der Waals surface area contributed by atoms with Gasteiger partial charge in [-0.05, 0) is 25.1 Å². The lowest BCUT2D eigenvalue weighted by Crippen LogP contribution is -2.28. The molecule has 3 N–H and O–H groups in total.